The standard InChI is InChI=1S/5C2H6O.Cu.Y/c5*1-2-3;;/h5*3H,2H2,1H3;;. The SMILES string of the molecule is CCO.CCO.CCO.CCO.CCO.[Cu].[Y]. The largest absolute Gasteiger partial charge is 0.397 e. The maximum atomic E-state index is 7.57. The van der Waals surface area contributed by atoms with Gasteiger partial charge in [0.2, 0.25) is 0 Å². The van der Waals surface area contributed by atoms with Gasteiger partial charge >= 0.3 is 0 Å². The normalized spacial score (nSPS) is 5.29. The van der Waals surface area contributed by atoms with Crippen molar-refractivity contribution in [3.05, 3.63) is 0 Å². The molecule has 0 unspecified atom stereocenters. The zero-order valence-electron chi connectivity index (χ0n) is 11.7. The number of aliphatic hydroxyl groups is 5. The molecule has 2 radical (unpaired) electrons. The van der Waals surface area contributed by atoms with E-state index in [9.17, 15) is 0 Å². The van der Waals surface area contributed by atoms with E-state index in [1.54, 1.807) is 34.6 Å². The first kappa shape index (κ1) is 42.9. The summed E-state index contributed by atoms with van der Waals surface area (Å²) in [4.78, 5) is 0. The molecule has 0 saturated heterocycles. The molecule has 0 bridgehead atoms. The minimum Gasteiger partial charge on any atom is -0.397 e. The molecule has 0 spiro atoms. The zero-order chi connectivity index (χ0) is 13.5. The third-order valence-electron chi connectivity index (χ3n) is 0. The Hall–Kier alpha value is 1.42. The smallest absolute Gasteiger partial charge is 0.0402 e. The van der Waals surface area contributed by atoms with Crippen LogP contribution in [0.25, 0.3) is 0 Å². The van der Waals surface area contributed by atoms with Crippen LogP contribution in [-0.4, -0.2) is 58.6 Å². The van der Waals surface area contributed by atoms with Crippen LogP contribution in [0.1, 0.15) is 34.6 Å². The molecule has 0 amide bonds. The van der Waals surface area contributed by atoms with Crippen LogP contribution in [0.3, 0.4) is 0 Å². The summed E-state index contributed by atoms with van der Waals surface area (Å²) < 4.78 is 0. The Morgan fingerprint density at radius 2 is 0.471 bits per heavy atom. The molecule has 5 N–H and O–H groups in total. The average molecular weight is 383 g/mol. The summed E-state index contributed by atoms with van der Waals surface area (Å²) in [5.74, 6) is 0. The fourth-order valence-electron chi connectivity index (χ4n) is 0. The summed E-state index contributed by atoms with van der Waals surface area (Å²) in [6, 6.07) is 0. The molecule has 114 valence electrons. The molecule has 0 fully saturated rings. The van der Waals surface area contributed by atoms with Gasteiger partial charge in [-0.2, -0.15) is 0 Å². The molecule has 0 aromatic carbocycles. The van der Waals surface area contributed by atoms with Gasteiger partial charge in [-0.25, -0.2) is 0 Å². The Bertz CT molecular complexity index is 36.3. The first-order valence-electron chi connectivity index (χ1n) is 5.12. The van der Waals surface area contributed by atoms with Crippen LogP contribution in [0, 0.1) is 0 Å². The Balaban J connectivity index is -0.0000000143. The molecule has 5 nitrogen and oxygen atoms in total. The van der Waals surface area contributed by atoms with Gasteiger partial charge in [0.15, 0.2) is 0 Å². The predicted molar refractivity (Wildman–Crippen MR) is 63.8 cm³/mol. The first-order valence-corrected chi connectivity index (χ1v) is 5.12. The number of hydrogen-bond acceptors (Lipinski definition) is 5. The van der Waals surface area contributed by atoms with Crippen molar-refractivity contribution in [3.8, 4) is 0 Å². The van der Waals surface area contributed by atoms with Gasteiger partial charge in [0, 0.05) is 82.8 Å². The van der Waals surface area contributed by atoms with Crippen LogP contribution in [-0.2, 0) is 49.8 Å². The van der Waals surface area contributed by atoms with Crippen LogP contribution in [0.4, 0.5) is 0 Å². The van der Waals surface area contributed by atoms with Crippen LogP contribution in [0.2, 0.25) is 0 Å². The quantitative estimate of drug-likeness (QED) is 0.379. The monoisotopic (exact) mass is 382 g/mol. The van der Waals surface area contributed by atoms with E-state index in [1.807, 2.05) is 0 Å². The van der Waals surface area contributed by atoms with E-state index in [4.69, 9.17) is 25.5 Å². The molecular formula is C10H30CuO5Y. The molecular weight excluding hydrogens is 353 g/mol. The van der Waals surface area contributed by atoms with Gasteiger partial charge in [0.05, 0.1) is 0 Å². The second-order valence-electron chi connectivity index (χ2n) is 1.58. The van der Waals surface area contributed by atoms with E-state index in [1.165, 1.54) is 0 Å². The third kappa shape index (κ3) is 2050. The van der Waals surface area contributed by atoms with Crippen molar-refractivity contribution >= 4 is 0 Å². The minimum absolute atomic E-state index is 0. The van der Waals surface area contributed by atoms with Gasteiger partial charge in [0.25, 0.3) is 0 Å². The topological polar surface area (TPSA) is 101 Å². The van der Waals surface area contributed by atoms with Gasteiger partial charge in [-0.05, 0) is 34.6 Å². The van der Waals surface area contributed by atoms with Crippen molar-refractivity contribution in [1.82, 2.24) is 0 Å². The van der Waals surface area contributed by atoms with Crippen molar-refractivity contribution in [2.24, 2.45) is 0 Å². The molecule has 0 saturated carbocycles. The van der Waals surface area contributed by atoms with E-state index in [0.717, 1.165) is 0 Å². The average Bonchev–Trinajstić information content (AvgIpc) is 2.09. The van der Waals surface area contributed by atoms with Crippen LogP contribution < -0.4 is 0 Å². The van der Waals surface area contributed by atoms with E-state index in [2.05, 4.69) is 0 Å². The predicted octanol–water partition coefficient (Wildman–Crippen LogP) is -0.0120. The fraction of sp³-hybridized carbons (Fsp3) is 1.00. The number of rotatable bonds is 0. The van der Waals surface area contributed by atoms with Crippen molar-refractivity contribution < 1.29 is 75.3 Å². The maximum Gasteiger partial charge on any atom is 0.0402 e. The van der Waals surface area contributed by atoms with Gasteiger partial charge in [0.1, 0.15) is 0 Å². The van der Waals surface area contributed by atoms with E-state index < -0.39 is 0 Å². The molecule has 17 heavy (non-hydrogen) atoms. The van der Waals surface area contributed by atoms with E-state index >= 15 is 0 Å². The van der Waals surface area contributed by atoms with Gasteiger partial charge in [-0.15, -0.1) is 0 Å². The number of hydrogen-bond donors (Lipinski definition) is 5. The van der Waals surface area contributed by atoms with E-state index in [-0.39, 0.29) is 82.8 Å². The van der Waals surface area contributed by atoms with Crippen LogP contribution in [0.15, 0.2) is 0 Å². The molecule has 0 heterocycles. The van der Waals surface area contributed by atoms with Crippen molar-refractivity contribution in [2.45, 2.75) is 34.6 Å². The summed E-state index contributed by atoms with van der Waals surface area (Å²) in [5.41, 5.74) is 0. The van der Waals surface area contributed by atoms with Crippen molar-refractivity contribution in [3.63, 3.8) is 0 Å². The summed E-state index contributed by atoms with van der Waals surface area (Å²) in [6.07, 6.45) is 0. The molecule has 0 aromatic heterocycles. The molecule has 7 heteroatoms. The first-order chi connectivity index (χ1) is 7.07. The Kier molecular flexibility index (Phi) is 287. The summed E-state index contributed by atoms with van der Waals surface area (Å²) in [7, 11) is 0. The van der Waals surface area contributed by atoms with Crippen LogP contribution >= 0.6 is 0 Å². The molecule has 0 aliphatic carbocycles. The molecule has 0 aliphatic heterocycles. The Labute approximate surface area is 142 Å². The minimum atomic E-state index is 0. The second-order valence-corrected chi connectivity index (χ2v) is 1.58. The van der Waals surface area contributed by atoms with Gasteiger partial charge < -0.3 is 25.5 Å². The van der Waals surface area contributed by atoms with Gasteiger partial charge in [-0.1, -0.05) is 0 Å². The molecule has 0 aromatic rings. The Morgan fingerprint density at radius 1 is 0.471 bits per heavy atom. The van der Waals surface area contributed by atoms with Gasteiger partial charge in [-0.3, -0.25) is 0 Å². The summed E-state index contributed by atoms with van der Waals surface area (Å²) >= 11 is 0. The van der Waals surface area contributed by atoms with Crippen molar-refractivity contribution in [2.75, 3.05) is 33.0 Å². The molecule has 0 aliphatic rings. The zero-order valence-corrected chi connectivity index (χ0v) is 15.4. The Morgan fingerprint density at radius 3 is 0.471 bits per heavy atom. The molecule has 0 rings (SSSR count). The second kappa shape index (κ2) is 114. The summed E-state index contributed by atoms with van der Waals surface area (Å²) in [5, 5.41) is 37.8. The van der Waals surface area contributed by atoms with E-state index in [0.29, 0.717) is 0 Å². The number of aliphatic hydroxyl groups excluding tert-OH is 5. The fourth-order valence-corrected chi connectivity index (χ4v) is 0. The third-order valence-corrected chi connectivity index (χ3v) is 0. The maximum absolute atomic E-state index is 7.57. The summed E-state index contributed by atoms with van der Waals surface area (Å²) in [6.45, 7) is 9.65. The van der Waals surface area contributed by atoms with Crippen molar-refractivity contribution in [1.29, 1.82) is 0 Å². The molecule has 0 atom stereocenters. The van der Waals surface area contributed by atoms with Crippen LogP contribution in [0.5, 0.6) is 0 Å².